The summed E-state index contributed by atoms with van der Waals surface area (Å²) >= 11 is 1.47. The van der Waals surface area contributed by atoms with E-state index in [9.17, 15) is 22.4 Å². The Balaban J connectivity index is 1.64. The van der Waals surface area contributed by atoms with E-state index < -0.39 is 21.7 Å². The highest BCUT2D eigenvalue weighted by Crippen LogP contribution is 2.40. The topological polar surface area (TPSA) is 86.8 Å². The molecule has 2 aromatic carbocycles. The highest BCUT2D eigenvalue weighted by Gasteiger charge is 2.32. The van der Waals surface area contributed by atoms with Crippen LogP contribution in [0.25, 0.3) is 0 Å². The first-order valence-corrected chi connectivity index (χ1v) is 13.6. The van der Waals surface area contributed by atoms with Gasteiger partial charge in [0.15, 0.2) is 0 Å². The largest absolute Gasteiger partial charge is 0.322 e. The average Bonchev–Trinajstić information content (AvgIpc) is 2.90. The van der Waals surface area contributed by atoms with Gasteiger partial charge in [0, 0.05) is 29.7 Å². The van der Waals surface area contributed by atoms with Gasteiger partial charge in [-0.25, -0.2) is 12.8 Å². The van der Waals surface area contributed by atoms with Crippen LogP contribution >= 0.6 is 11.8 Å². The first-order valence-electron chi connectivity index (χ1n) is 11.3. The summed E-state index contributed by atoms with van der Waals surface area (Å²) in [7, 11) is -3.73. The number of hydrogen-bond donors (Lipinski definition) is 1. The Morgan fingerprint density at radius 1 is 1.15 bits per heavy atom. The molecule has 2 aliphatic heterocycles. The van der Waals surface area contributed by atoms with Crippen LogP contribution in [0.4, 0.5) is 15.8 Å². The SMILES string of the molecule is CC1CCN(S(=O)(=O)c2ccc3c(c2)N(CC(=O)Nc2ccccc2F)C(=O)C[C@H](C)S3)CC1. The van der Waals surface area contributed by atoms with E-state index in [2.05, 4.69) is 12.2 Å². The summed E-state index contributed by atoms with van der Waals surface area (Å²) in [6.07, 6.45) is 1.80. The van der Waals surface area contributed by atoms with Crippen molar-refractivity contribution in [3.63, 3.8) is 0 Å². The number of amides is 2. The molecule has 4 rings (SSSR count). The lowest BCUT2D eigenvalue weighted by atomic mass is 10.0. The van der Waals surface area contributed by atoms with E-state index in [-0.39, 0.29) is 34.7 Å². The molecule has 2 amide bonds. The van der Waals surface area contributed by atoms with Crippen LogP contribution in [0, 0.1) is 11.7 Å². The zero-order valence-electron chi connectivity index (χ0n) is 19.2. The molecule has 0 aromatic heterocycles. The lowest BCUT2D eigenvalue weighted by Crippen LogP contribution is -2.39. The Kier molecular flexibility index (Phi) is 7.30. The van der Waals surface area contributed by atoms with Crippen molar-refractivity contribution in [2.45, 2.75) is 48.2 Å². The van der Waals surface area contributed by atoms with E-state index in [0.717, 1.165) is 17.7 Å². The number of para-hydroxylation sites is 1. The molecule has 0 bridgehead atoms. The van der Waals surface area contributed by atoms with Gasteiger partial charge in [-0.15, -0.1) is 11.8 Å². The number of sulfonamides is 1. The van der Waals surface area contributed by atoms with Gasteiger partial charge < -0.3 is 10.2 Å². The number of piperidine rings is 1. The van der Waals surface area contributed by atoms with Crippen molar-refractivity contribution >= 4 is 45.0 Å². The third kappa shape index (κ3) is 5.29. The normalized spacial score (nSPS) is 20.0. The number of hydrogen-bond acceptors (Lipinski definition) is 5. The first kappa shape index (κ1) is 24.7. The van der Waals surface area contributed by atoms with Crippen molar-refractivity contribution in [3.05, 3.63) is 48.3 Å². The van der Waals surface area contributed by atoms with Gasteiger partial charge in [-0.1, -0.05) is 26.0 Å². The Morgan fingerprint density at radius 3 is 2.56 bits per heavy atom. The van der Waals surface area contributed by atoms with Crippen molar-refractivity contribution in [1.82, 2.24) is 4.31 Å². The molecule has 2 aliphatic rings. The number of fused-ring (bicyclic) bond motifs is 1. The molecule has 0 radical (unpaired) electrons. The maximum atomic E-state index is 14.0. The van der Waals surface area contributed by atoms with Crippen LogP contribution in [0.15, 0.2) is 52.3 Å². The number of carbonyl (C=O) groups excluding carboxylic acids is 2. The minimum absolute atomic E-state index is 0.0217. The number of halogens is 1. The molecule has 7 nitrogen and oxygen atoms in total. The first-order chi connectivity index (χ1) is 16.1. The fourth-order valence-electron chi connectivity index (χ4n) is 4.16. The summed E-state index contributed by atoms with van der Waals surface area (Å²) in [5.41, 5.74) is 0.405. The number of rotatable bonds is 5. The number of thioether (sulfide) groups is 1. The second-order valence-electron chi connectivity index (χ2n) is 8.86. The molecule has 34 heavy (non-hydrogen) atoms. The van der Waals surface area contributed by atoms with Crippen molar-refractivity contribution < 1.29 is 22.4 Å². The van der Waals surface area contributed by atoms with Gasteiger partial charge in [-0.05, 0) is 49.1 Å². The van der Waals surface area contributed by atoms with Gasteiger partial charge in [-0.2, -0.15) is 4.31 Å². The van der Waals surface area contributed by atoms with E-state index >= 15 is 0 Å². The minimum atomic E-state index is -3.73. The molecule has 1 fully saturated rings. The third-order valence-corrected chi connectivity index (χ3v) is 9.21. The van der Waals surface area contributed by atoms with Crippen LogP contribution in [0.3, 0.4) is 0 Å². The van der Waals surface area contributed by atoms with Crippen molar-refractivity contribution in [2.75, 3.05) is 29.9 Å². The lowest BCUT2D eigenvalue weighted by Gasteiger charge is -2.30. The Hall–Kier alpha value is -2.43. The highest BCUT2D eigenvalue weighted by atomic mass is 32.2. The van der Waals surface area contributed by atoms with E-state index in [1.165, 1.54) is 45.2 Å². The van der Waals surface area contributed by atoms with Crippen LogP contribution in [0.5, 0.6) is 0 Å². The Bertz CT molecular complexity index is 1200. The minimum Gasteiger partial charge on any atom is -0.322 e. The highest BCUT2D eigenvalue weighted by molar-refractivity contribution is 8.00. The van der Waals surface area contributed by atoms with Crippen molar-refractivity contribution in [1.29, 1.82) is 0 Å². The maximum absolute atomic E-state index is 14.0. The quantitative estimate of drug-likeness (QED) is 0.661. The van der Waals surface area contributed by atoms with E-state index in [1.807, 2.05) is 6.92 Å². The monoisotopic (exact) mass is 505 g/mol. The smallest absolute Gasteiger partial charge is 0.244 e. The molecule has 0 spiro atoms. The molecular formula is C24H28FN3O4S2. The fourth-order valence-corrected chi connectivity index (χ4v) is 6.75. The van der Waals surface area contributed by atoms with Crippen LogP contribution in [0.2, 0.25) is 0 Å². The van der Waals surface area contributed by atoms with Crippen molar-refractivity contribution in [2.24, 2.45) is 5.92 Å². The molecule has 10 heteroatoms. The maximum Gasteiger partial charge on any atom is 0.244 e. The van der Waals surface area contributed by atoms with Gasteiger partial charge >= 0.3 is 0 Å². The number of nitrogens with one attached hydrogen (secondary N) is 1. The van der Waals surface area contributed by atoms with Crippen LogP contribution < -0.4 is 10.2 Å². The molecule has 2 heterocycles. The van der Waals surface area contributed by atoms with E-state index in [0.29, 0.717) is 24.7 Å². The van der Waals surface area contributed by atoms with E-state index in [4.69, 9.17) is 0 Å². The average molecular weight is 506 g/mol. The van der Waals surface area contributed by atoms with Gasteiger partial charge in [0.1, 0.15) is 12.4 Å². The molecular weight excluding hydrogens is 477 g/mol. The van der Waals surface area contributed by atoms with Gasteiger partial charge in [0.2, 0.25) is 21.8 Å². The zero-order valence-corrected chi connectivity index (χ0v) is 20.8. The van der Waals surface area contributed by atoms with Crippen LogP contribution in [0.1, 0.15) is 33.1 Å². The number of benzene rings is 2. The summed E-state index contributed by atoms with van der Waals surface area (Å²) < 4.78 is 42.1. The molecule has 0 saturated carbocycles. The van der Waals surface area contributed by atoms with Crippen LogP contribution in [-0.4, -0.2) is 49.4 Å². The number of anilines is 2. The summed E-state index contributed by atoms with van der Waals surface area (Å²) in [4.78, 5) is 27.9. The molecule has 1 N–H and O–H groups in total. The molecule has 1 saturated heterocycles. The van der Waals surface area contributed by atoms with Gasteiger partial charge in [-0.3, -0.25) is 9.59 Å². The second kappa shape index (κ2) is 10.1. The molecule has 0 aliphatic carbocycles. The second-order valence-corrected chi connectivity index (χ2v) is 12.3. The zero-order chi connectivity index (χ0) is 24.5. The van der Waals surface area contributed by atoms with E-state index in [1.54, 1.807) is 18.2 Å². The summed E-state index contributed by atoms with van der Waals surface area (Å²) in [6, 6.07) is 10.6. The standard InChI is InChI=1S/C24H28FN3O4S2/c1-16-9-11-27(12-10-16)34(31,32)18-7-8-22-21(14-18)28(24(30)13-17(2)33-22)15-23(29)26-20-6-4-3-5-19(20)25/h3-8,14,16-17H,9-13,15H2,1-2H3,(H,26,29)/t17-/m0/s1. The summed E-state index contributed by atoms with van der Waals surface area (Å²) in [6.45, 7) is 4.59. The Morgan fingerprint density at radius 2 is 1.85 bits per heavy atom. The fraction of sp³-hybridized carbons (Fsp3) is 0.417. The number of nitrogens with zero attached hydrogens (tertiary/aromatic N) is 2. The summed E-state index contributed by atoms with van der Waals surface area (Å²) in [5.74, 6) is -0.949. The van der Waals surface area contributed by atoms with Crippen molar-refractivity contribution in [3.8, 4) is 0 Å². The predicted molar refractivity (Wildman–Crippen MR) is 131 cm³/mol. The predicted octanol–water partition coefficient (Wildman–Crippen LogP) is 4.10. The van der Waals surface area contributed by atoms with Gasteiger partial charge in [0.05, 0.1) is 16.3 Å². The molecule has 182 valence electrons. The summed E-state index contributed by atoms with van der Waals surface area (Å²) in [5, 5.41) is 2.46. The van der Waals surface area contributed by atoms with Gasteiger partial charge in [0.25, 0.3) is 0 Å². The van der Waals surface area contributed by atoms with Crippen LogP contribution in [-0.2, 0) is 19.6 Å². The molecule has 2 aromatic rings. The molecule has 0 unspecified atom stereocenters. The third-order valence-electron chi connectivity index (χ3n) is 6.14. The number of carbonyl (C=O) groups is 2. The lowest BCUT2D eigenvalue weighted by molar-refractivity contribution is -0.121. The Labute approximate surface area is 203 Å². The molecule has 1 atom stereocenters.